The zero-order valence-corrected chi connectivity index (χ0v) is 21.8. The molecular formula is C26H35N3O5S. The minimum Gasteiger partial charge on any atom is -0.497 e. The number of aryl methyl sites for hydroxylation is 1. The minimum absolute atomic E-state index is 0.0886. The van der Waals surface area contributed by atoms with Gasteiger partial charge in [-0.05, 0) is 61.8 Å². The lowest BCUT2D eigenvalue weighted by atomic mass is 9.89. The van der Waals surface area contributed by atoms with Gasteiger partial charge in [0.25, 0.3) is 0 Å². The van der Waals surface area contributed by atoms with E-state index in [9.17, 15) is 13.2 Å². The van der Waals surface area contributed by atoms with Gasteiger partial charge in [0.2, 0.25) is 15.9 Å². The van der Waals surface area contributed by atoms with Crippen molar-refractivity contribution in [1.29, 1.82) is 0 Å². The van der Waals surface area contributed by atoms with Crippen LogP contribution in [-0.2, 0) is 14.8 Å². The Morgan fingerprint density at radius 3 is 2.31 bits per heavy atom. The van der Waals surface area contributed by atoms with Crippen LogP contribution in [0.2, 0.25) is 0 Å². The molecule has 0 aliphatic carbocycles. The van der Waals surface area contributed by atoms with Gasteiger partial charge < -0.3 is 14.2 Å². The molecule has 1 aromatic carbocycles. The summed E-state index contributed by atoms with van der Waals surface area (Å²) in [6.45, 7) is 8.22. The Morgan fingerprint density at radius 1 is 1.09 bits per heavy atom. The van der Waals surface area contributed by atoms with Gasteiger partial charge in [0.1, 0.15) is 11.4 Å². The number of hydrogen-bond donors (Lipinski definition) is 0. The van der Waals surface area contributed by atoms with Crippen molar-refractivity contribution < 1.29 is 22.5 Å². The van der Waals surface area contributed by atoms with Crippen molar-refractivity contribution in [3.63, 3.8) is 0 Å². The van der Waals surface area contributed by atoms with Crippen molar-refractivity contribution in [2.75, 3.05) is 33.3 Å². The number of rotatable bonds is 6. The molecule has 190 valence electrons. The van der Waals surface area contributed by atoms with E-state index in [1.54, 1.807) is 26.2 Å². The minimum atomic E-state index is -3.81. The van der Waals surface area contributed by atoms with Gasteiger partial charge in [-0.2, -0.15) is 4.31 Å². The maximum atomic E-state index is 13.5. The number of nitrogens with zero attached hydrogens (tertiary/aromatic N) is 3. The maximum Gasteiger partial charge on any atom is 0.248 e. The average Bonchev–Trinajstić information content (AvgIpc) is 3.23. The first-order valence-electron chi connectivity index (χ1n) is 12.3. The molecule has 3 heterocycles. The number of methoxy groups -OCH3 is 1. The third kappa shape index (κ3) is 5.62. The highest BCUT2D eigenvalue weighted by Crippen LogP contribution is 2.31. The lowest BCUT2D eigenvalue weighted by Crippen LogP contribution is -2.48. The Hall–Kier alpha value is -2.65. The summed E-state index contributed by atoms with van der Waals surface area (Å²) in [5.74, 6) is 2.00. The van der Waals surface area contributed by atoms with Crippen LogP contribution in [0.25, 0.3) is 12.2 Å². The Labute approximate surface area is 208 Å². The van der Waals surface area contributed by atoms with Crippen LogP contribution in [0, 0.1) is 24.7 Å². The summed E-state index contributed by atoms with van der Waals surface area (Å²) in [7, 11) is -2.20. The number of hydrogen-bond acceptors (Lipinski definition) is 6. The van der Waals surface area contributed by atoms with Crippen LogP contribution < -0.4 is 4.74 Å². The van der Waals surface area contributed by atoms with Gasteiger partial charge in [0, 0.05) is 32.1 Å². The van der Waals surface area contributed by atoms with Gasteiger partial charge in [-0.15, -0.1) is 0 Å². The average molecular weight is 502 g/mol. The molecule has 2 aliphatic rings. The van der Waals surface area contributed by atoms with Gasteiger partial charge in [0.05, 0.1) is 7.11 Å². The van der Waals surface area contributed by atoms with E-state index in [4.69, 9.17) is 9.26 Å². The standard InChI is InChI=1S/C26H35N3O5S/c1-18-15-19(2)17-28(16-18)26(30)22-11-13-29(14-12-22)35(31,32)25-20(3)27-34-24(25)10-7-21-5-8-23(33-4)9-6-21/h5-10,18-19,22H,11-17H2,1-4H3/b10-7-/t18-,19-/m1/s1. The van der Waals surface area contributed by atoms with Crippen LogP contribution in [0.3, 0.4) is 0 Å². The first kappa shape index (κ1) is 25.4. The predicted octanol–water partition coefficient (Wildman–Crippen LogP) is 4.07. The third-order valence-electron chi connectivity index (χ3n) is 6.96. The molecule has 0 unspecified atom stereocenters. The van der Waals surface area contributed by atoms with Crippen molar-refractivity contribution in [3.8, 4) is 5.75 Å². The number of aromatic nitrogens is 1. The fourth-order valence-corrected chi connectivity index (χ4v) is 6.98. The van der Waals surface area contributed by atoms with Crippen molar-refractivity contribution >= 4 is 28.1 Å². The number of likely N-dealkylation sites (tertiary alicyclic amines) is 1. The number of ether oxygens (including phenoxy) is 1. The second-order valence-corrected chi connectivity index (χ2v) is 11.8. The normalized spacial score (nSPS) is 22.6. The Balaban J connectivity index is 1.44. The number of piperidine rings is 2. The Kier molecular flexibility index (Phi) is 7.66. The summed E-state index contributed by atoms with van der Waals surface area (Å²) >= 11 is 0. The molecule has 8 nitrogen and oxygen atoms in total. The van der Waals surface area contributed by atoms with Crippen LogP contribution in [0.15, 0.2) is 33.7 Å². The first-order chi connectivity index (χ1) is 16.7. The van der Waals surface area contributed by atoms with Crippen molar-refractivity contribution in [3.05, 3.63) is 41.3 Å². The van der Waals surface area contributed by atoms with Crippen molar-refractivity contribution in [2.24, 2.45) is 17.8 Å². The predicted molar refractivity (Wildman–Crippen MR) is 134 cm³/mol. The molecule has 0 radical (unpaired) electrons. The summed E-state index contributed by atoms with van der Waals surface area (Å²) < 4.78 is 39.1. The topological polar surface area (TPSA) is 93.0 Å². The van der Waals surface area contributed by atoms with E-state index < -0.39 is 10.0 Å². The van der Waals surface area contributed by atoms with E-state index in [1.807, 2.05) is 29.2 Å². The quantitative estimate of drug-likeness (QED) is 0.593. The molecule has 4 rings (SSSR count). The van der Waals surface area contributed by atoms with Gasteiger partial charge >= 0.3 is 0 Å². The number of carbonyl (C=O) groups is 1. The molecule has 0 N–H and O–H groups in total. The lowest BCUT2D eigenvalue weighted by Gasteiger charge is -2.39. The summed E-state index contributed by atoms with van der Waals surface area (Å²) in [5.41, 5.74) is 1.21. The molecule has 2 atom stereocenters. The monoisotopic (exact) mass is 501 g/mol. The second kappa shape index (κ2) is 10.5. The smallest absolute Gasteiger partial charge is 0.248 e. The molecule has 2 fully saturated rings. The van der Waals surface area contributed by atoms with Crippen LogP contribution in [0.5, 0.6) is 5.75 Å². The molecule has 2 aliphatic heterocycles. The summed E-state index contributed by atoms with van der Waals surface area (Å²) in [6, 6.07) is 7.41. The highest BCUT2D eigenvalue weighted by atomic mass is 32.2. The van der Waals surface area contributed by atoms with Crippen LogP contribution in [0.1, 0.15) is 50.1 Å². The van der Waals surface area contributed by atoms with Gasteiger partial charge in [-0.25, -0.2) is 8.42 Å². The lowest BCUT2D eigenvalue weighted by molar-refractivity contribution is -0.139. The van der Waals surface area contributed by atoms with Crippen LogP contribution in [-0.4, -0.2) is 62.0 Å². The Bertz CT molecular complexity index is 1150. The maximum absolute atomic E-state index is 13.5. The SMILES string of the molecule is COc1ccc(/C=C\c2onc(C)c2S(=O)(=O)N2CCC(C(=O)N3C[C@H](C)C[C@@H](C)C3)CC2)cc1. The van der Waals surface area contributed by atoms with Gasteiger partial charge in [-0.1, -0.05) is 37.2 Å². The molecule has 0 spiro atoms. The van der Waals surface area contributed by atoms with E-state index >= 15 is 0 Å². The molecule has 2 saturated heterocycles. The third-order valence-corrected chi connectivity index (χ3v) is 9.02. The van der Waals surface area contributed by atoms with E-state index in [0.29, 0.717) is 43.5 Å². The number of sulfonamides is 1. The van der Waals surface area contributed by atoms with Gasteiger partial charge in [-0.3, -0.25) is 4.79 Å². The van der Waals surface area contributed by atoms with E-state index in [0.717, 1.165) is 30.8 Å². The molecule has 35 heavy (non-hydrogen) atoms. The van der Waals surface area contributed by atoms with Crippen LogP contribution >= 0.6 is 0 Å². The zero-order valence-electron chi connectivity index (χ0n) is 20.9. The molecule has 0 saturated carbocycles. The van der Waals surface area contributed by atoms with E-state index in [2.05, 4.69) is 19.0 Å². The highest BCUT2D eigenvalue weighted by Gasteiger charge is 2.37. The van der Waals surface area contributed by atoms with E-state index in [-0.39, 0.29) is 22.5 Å². The van der Waals surface area contributed by atoms with Crippen LogP contribution in [0.4, 0.5) is 0 Å². The summed E-state index contributed by atoms with van der Waals surface area (Å²) in [4.78, 5) is 15.2. The highest BCUT2D eigenvalue weighted by molar-refractivity contribution is 7.89. The fourth-order valence-electron chi connectivity index (χ4n) is 5.26. The van der Waals surface area contributed by atoms with Crippen molar-refractivity contribution in [1.82, 2.24) is 14.4 Å². The largest absolute Gasteiger partial charge is 0.497 e. The van der Waals surface area contributed by atoms with Crippen molar-refractivity contribution in [2.45, 2.75) is 44.9 Å². The zero-order chi connectivity index (χ0) is 25.2. The number of amides is 1. The molecule has 1 aromatic heterocycles. The van der Waals surface area contributed by atoms with Gasteiger partial charge in [0.15, 0.2) is 10.7 Å². The summed E-state index contributed by atoms with van der Waals surface area (Å²) in [5, 5.41) is 3.92. The summed E-state index contributed by atoms with van der Waals surface area (Å²) in [6.07, 6.45) is 5.61. The Morgan fingerprint density at radius 2 is 1.71 bits per heavy atom. The second-order valence-electron chi connectivity index (χ2n) is 9.94. The molecule has 0 bridgehead atoms. The molecule has 9 heteroatoms. The molecular weight excluding hydrogens is 466 g/mol. The fraction of sp³-hybridized carbons (Fsp3) is 0.538. The first-order valence-corrected chi connectivity index (χ1v) is 13.7. The molecule has 1 amide bonds. The molecule has 2 aromatic rings. The van der Waals surface area contributed by atoms with E-state index in [1.165, 1.54) is 4.31 Å². The number of carbonyl (C=O) groups excluding carboxylic acids is 1. The number of benzene rings is 1.